The SMILES string of the molecule is N#Cc1cn(CCC(N)=O)c2nc([As]c3cccc(F)c3)ncc12. The van der Waals surface area contributed by atoms with Crippen LogP contribution in [0.4, 0.5) is 4.39 Å². The molecule has 1 aromatic carbocycles. The summed E-state index contributed by atoms with van der Waals surface area (Å²) >= 11 is -0.579. The number of hydrogen-bond acceptors (Lipinski definition) is 4. The number of carbonyl (C=O) groups excluding carboxylic acids is 1. The molecule has 0 aliphatic carbocycles. The zero-order chi connectivity index (χ0) is 17.1. The topological polar surface area (TPSA) is 97.6 Å². The van der Waals surface area contributed by atoms with Crippen molar-refractivity contribution < 1.29 is 9.18 Å². The van der Waals surface area contributed by atoms with Gasteiger partial charge in [-0.1, -0.05) is 0 Å². The van der Waals surface area contributed by atoms with Gasteiger partial charge in [-0.3, -0.25) is 0 Å². The van der Waals surface area contributed by atoms with Crippen molar-refractivity contribution in [3.05, 3.63) is 48.0 Å². The fraction of sp³-hybridized carbons (Fsp3) is 0.125. The first kappa shape index (κ1) is 16.2. The number of halogens is 1. The molecule has 1 radical (unpaired) electrons. The maximum absolute atomic E-state index is 13.3. The molecule has 0 atom stereocenters. The third kappa shape index (κ3) is 3.44. The number of primary amides is 1. The summed E-state index contributed by atoms with van der Waals surface area (Å²) < 4.78 is 16.5. The van der Waals surface area contributed by atoms with Crippen molar-refractivity contribution in [2.75, 3.05) is 0 Å². The molecule has 119 valence electrons. The molecule has 0 aliphatic heterocycles. The predicted molar refractivity (Wildman–Crippen MR) is 87.5 cm³/mol. The van der Waals surface area contributed by atoms with Gasteiger partial charge >= 0.3 is 143 Å². The predicted octanol–water partition coefficient (Wildman–Crippen LogP) is -0.0275. The summed E-state index contributed by atoms with van der Waals surface area (Å²) in [7, 11) is 0. The zero-order valence-electron chi connectivity index (χ0n) is 12.5. The molecule has 3 rings (SSSR count). The molecule has 0 aliphatic rings. The average Bonchev–Trinajstić information content (AvgIpc) is 2.90. The third-order valence-electron chi connectivity index (χ3n) is 3.36. The van der Waals surface area contributed by atoms with Gasteiger partial charge in [0.25, 0.3) is 0 Å². The summed E-state index contributed by atoms with van der Waals surface area (Å²) in [5.41, 5.74) is 6.22. The maximum atomic E-state index is 13.3. The van der Waals surface area contributed by atoms with E-state index >= 15 is 0 Å². The first-order valence-corrected chi connectivity index (χ1v) is 8.96. The molecule has 0 saturated heterocycles. The Morgan fingerprint density at radius 1 is 1.46 bits per heavy atom. The second-order valence-electron chi connectivity index (χ2n) is 5.06. The van der Waals surface area contributed by atoms with Gasteiger partial charge in [-0.25, -0.2) is 0 Å². The van der Waals surface area contributed by atoms with Gasteiger partial charge in [0, 0.05) is 0 Å². The van der Waals surface area contributed by atoms with E-state index in [4.69, 9.17) is 5.73 Å². The van der Waals surface area contributed by atoms with Crippen molar-refractivity contribution in [1.82, 2.24) is 14.5 Å². The second kappa shape index (κ2) is 6.81. The standard InChI is InChI=1S/C16H12AsFN5O/c18-12-3-1-2-11(6-12)17-16-21-8-13-10(7-19)9-23(15(13)22-16)5-4-14(20)24/h1-3,6,8-9H,4-5H2,(H2,20,24). The molecule has 24 heavy (non-hydrogen) atoms. The van der Waals surface area contributed by atoms with E-state index in [2.05, 4.69) is 16.0 Å². The average molecular weight is 384 g/mol. The molecule has 0 unspecified atom stereocenters. The summed E-state index contributed by atoms with van der Waals surface area (Å²) in [6.07, 6.45) is 3.41. The number of hydrogen-bond donors (Lipinski definition) is 1. The van der Waals surface area contributed by atoms with Gasteiger partial charge in [0.2, 0.25) is 0 Å². The molecule has 6 nitrogen and oxygen atoms in total. The van der Waals surface area contributed by atoms with Crippen LogP contribution in [0.3, 0.4) is 0 Å². The van der Waals surface area contributed by atoms with E-state index in [1.807, 2.05) is 6.07 Å². The Hall–Kier alpha value is -2.71. The van der Waals surface area contributed by atoms with Crippen LogP contribution >= 0.6 is 0 Å². The fourth-order valence-electron chi connectivity index (χ4n) is 2.26. The molecular formula is C16H12AsFN5O. The van der Waals surface area contributed by atoms with Gasteiger partial charge in [0.15, 0.2) is 0 Å². The van der Waals surface area contributed by atoms with Gasteiger partial charge in [-0.05, 0) is 0 Å². The number of benzene rings is 1. The Labute approximate surface area is 143 Å². The number of nitriles is 1. The quantitative estimate of drug-likeness (QED) is 0.625. The number of fused-ring (bicyclic) bond motifs is 1. The Morgan fingerprint density at radius 3 is 3.00 bits per heavy atom. The molecule has 0 fully saturated rings. The van der Waals surface area contributed by atoms with Crippen molar-refractivity contribution in [2.24, 2.45) is 5.73 Å². The monoisotopic (exact) mass is 384 g/mol. The van der Waals surface area contributed by atoms with E-state index in [1.165, 1.54) is 12.1 Å². The second-order valence-corrected chi connectivity index (χ2v) is 7.46. The Balaban J connectivity index is 1.98. The normalized spacial score (nSPS) is 11.2. The van der Waals surface area contributed by atoms with Crippen molar-refractivity contribution >= 4 is 41.7 Å². The van der Waals surface area contributed by atoms with E-state index in [-0.39, 0.29) is 12.2 Å². The summed E-state index contributed by atoms with van der Waals surface area (Å²) in [5.74, 6) is -0.712. The molecule has 1 amide bonds. The molecule has 8 heteroatoms. The first-order chi connectivity index (χ1) is 11.6. The molecule has 2 heterocycles. The number of aromatic nitrogens is 3. The number of rotatable bonds is 5. The Morgan fingerprint density at radius 2 is 2.29 bits per heavy atom. The van der Waals surface area contributed by atoms with Crippen LogP contribution in [0.15, 0.2) is 36.7 Å². The summed E-state index contributed by atoms with van der Waals surface area (Å²) in [6, 6.07) is 8.45. The number of amides is 1. The van der Waals surface area contributed by atoms with Crippen molar-refractivity contribution in [3.63, 3.8) is 0 Å². The number of carbonyl (C=O) groups is 1. The number of aryl methyl sites for hydroxylation is 1. The van der Waals surface area contributed by atoms with Crippen LogP contribution in [-0.2, 0) is 11.3 Å². The van der Waals surface area contributed by atoms with Crippen molar-refractivity contribution in [3.8, 4) is 6.07 Å². The van der Waals surface area contributed by atoms with E-state index in [0.29, 0.717) is 27.8 Å². The zero-order valence-corrected chi connectivity index (χ0v) is 14.4. The fourth-order valence-corrected chi connectivity index (χ4v) is 4.03. The van der Waals surface area contributed by atoms with E-state index in [9.17, 15) is 14.4 Å². The summed E-state index contributed by atoms with van der Waals surface area (Å²) in [4.78, 5) is 19.8. The molecule has 0 spiro atoms. The van der Waals surface area contributed by atoms with Crippen LogP contribution in [0, 0.1) is 17.1 Å². The number of nitrogens with zero attached hydrogens (tertiary/aromatic N) is 4. The minimum absolute atomic E-state index is 0.158. The van der Waals surface area contributed by atoms with E-state index in [0.717, 1.165) is 4.35 Å². The van der Waals surface area contributed by atoms with Gasteiger partial charge in [0.05, 0.1) is 0 Å². The molecular weight excluding hydrogens is 372 g/mol. The van der Waals surface area contributed by atoms with Gasteiger partial charge in [0.1, 0.15) is 0 Å². The van der Waals surface area contributed by atoms with E-state index in [1.54, 1.807) is 23.0 Å². The Bertz CT molecular complexity index is 963. The molecule has 3 aromatic rings. The summed E-state index contributed by atoms with van der Waals surface area (Å²) in [5, 5.41) is 9.85. The van der Waals surface area contributed by atoms with Crippen LogP contribution in [0.25, 0.3) is 11.0 Å². The first-order valence-electron chi connectivity index (χ1n) is 7.08. The van der Waals surface area contributed by atoms with Gasteiger partial charge < -0.3 is 0 Å². The molecule has 2 aromatic heterocycles. The van der Waals surface area contributed by atoms with Crippen LogP contribution in [-0.4, -0.2) is 36.2 Å². The van der Waals surface area contributed by atoms with Crippen LogP contribution in [0.1, 0.15) is 12.0 Å². The van der Waals surface area contributed by atoms with Crippen LogP contribution in [0.2, 0.25) is 0 Å². The van der Waals surface area contributed by atoms with Crippen LogP contribution < -0.4 is 14.7 Å². The Kier molecular flexibility index (Phi) is 4.59. The van der Waals surface area contributed by atoms with Gasteiger partial charge in [-0.2, -0.15) is 0 Å². The van der Waals surface area contributed by atoms with Crippen molar-refractivity contribution in [2.45, 2.75) is 13.0 Å². The number of nitrogens with two attached hydrogens (primary N) is 1. The third-order valence-corrected chi connectivity index (χ3v) is 5.36. The minimum atomic E-state index is -0.579. The van der Waals surface area contributed by atoms with Crippen molar-refractivity contribution in [1.29, 1.82) is 5.26 Å². The van der Waals surface area contributed by atoms with Crippen LogP contribution in [0.5, 0.6) is 0 Å². The van der Waals surface area contributed by atoms with Gasteiger partial charge in [-0.15, -0.1) is 0 Å². The molecule has 2 N–H and O–H groups in total. The molecule has 0 bridgehead atoms. The molecule has 0 saturated carbocycles. The summed E-state index contributed by atoms with van der Waals surface area (Å²) in [6.45, 7) is 0.348. The van der Waals surface area contributed by atoms with E-state index < -0.39 is 21.7 Å².